The van der Waals surface area contributed by atoms with Gasteiger partial charge in [-0.2, -0.15) is 5.26 Å². The maximum atomic E-state index is 9.72. The number of methoxy groups -OCH3 is 1. The highest BCUT2D eigenvalue weighted by Gasteiger charge is 2.17. The van der Waals surface area contributed by atoms with Crippen molar-refractivity contribution in [3.05, 3.63) is 58.3 Å². The number of hydrogen-bond donors (Lipinski definition) is 1. The molecule has 0 bridgehead atoms. The fraction of sp³-hybridized carbons (Fsp3) is 0.208. The standard InChI is InChI=1S/C24H19Cl2N5O2S/c1-32-20-9-18(16(25)8-17(20)26)30-23-15(11-27)13-28-19-10-21(34-24(19)23)14-2-3-22(29-12-14)31-4-6-33-7-5-31/h2-3,8-10,12-13H,4-7H2,1H3,(H,28,30). The van der Waals surface area contributed by atoms with Crippen LogP contribution in [-0.2, 0) is 4.74 Å². The van der Waals surface area contributed by atoms with Gasteiger partial charge in [-0.05, 0) is 24.3 Å². The molecule has 1 aromatic carbocycles. The predicted molar refractivity (Wildman–Crippen MR) is 137 cm³/mol. The second-order valence-electron chi connectivity index (χ2n) is 7.58. The molecule has 3 aromatic heterocycles. The number of fused-ring (bicyclic) bond motifs is 1. The number of rotatable bonds is 5. The molecule has 10 heteroatoms. The zero-order valence-corrected chi connectivity index (χ0v) is 20.5. The molecule has 0 amide bonds. The molecule has 0 saturated carbocycles. The van der Waals surface area contributed by atoms with Gasteiger partial charge in [0.05, 0.1) is 57.5 Å². The molecule has 4 heterocycles. The Morgan fingerprint density at radius 2 is 1.94 bits per heavy atom. The summed E-state index contributed by atoms with van der Waals surface area (Å²) < 4.78 is 11.6. The van der Waals surface area contributed by atoms with E-state index in [2.05, 4.69) is 32.3 Å². The summed E-state index contributed by atoms with van der Waals surface area (Å²) in [5.74, 6) is 1.42. The number of halogens is 2. The average Bonchev–Trinajstić information content (AvgIpc) is 3.31. The number of nitriles is 1. The van der Waals surface area contributed by atoms with Gasteiger partial charge in [-0.3, -0.25) is 4.98 Å². The molecule has 4 aromatic rings. The van der Waals surface area contributed by atoms with Crippen molar-refractivity contribution in [2.75, 3.05) is 43.6 Å². The Hall–Kier alpha value is -3.09. The Morgan fingerprint density at radius 1 is 1.12 bits per heavy atom. The van der Waals surface area contributed by atoms with E-state index in [1.54, 1.807) is 18.3 Å². The molecule has 0 unspecified atom stereocenters. The summed E-state index contributed by atoms with van der Waals surface area (Å²) in [5, 5.41) is 13.8. The molecule has 1 fully saturated rings. The number of morpholine rings is 1. The summed E-state index contributed by atoms with van der Waals surface area (Å²) in [6.45, 7) is 3.10. The van der Waals surface area contributed by atoms with Crippen molar-refractivity contribution in [1.29, 1.82) is 5.26 Å². The second-order valence-corrected chi connectivity index (χ2v) is 9.45. The minimum Gasteiger partial charge on any atom is -0.495 e. The Labute approximate surface area is 210 Å². The monoisotopic (exact) mass is 511 g/mol. The van der Waals surface area contributed by atoms with Gasteiger partial charge in [0.2, 0.25) is 0 Å². The number of thiophene rings is 1. The van der Waals surface area contributed by atoms with E-state index >= 15 is 0 Å². The zero-order valence-electron chi connectivity index (χ0n) is 18.1. The number of aromatic nitrogens is 2. The summed E-state index contributed by atoms with van der Waals surface area (Å²) in [6, 6.07) is 11.6. The third-order valence-corrected chi connectivity index (χ3v) is 7.33. The maximum absolute atomic E-state index is 9.72. The van der Waals surface area contributed by atoms with E-state index < -0.39 is 0 Å². The quantitative estimate of drug-likeness (QED) is 0.345. The van der Waals surface area contributed by atoms with E-state index in [1.165, 1.54) is 18.4 Å². The van der Waals surface area contributed by atoms with Crippen molar-refractivity contribution in [2.45, 2.75) is 0 Å². The van der Waals surface area contributed by atoms with Gasteiger partial charge >= 0.3 is 0 Å². The molecule has 7 nitrogen and oxygen atoms in total. The topological polar surface area (TPSA) is 83.3 Å². The summed E-state index contributed by atoms with van der Waals surface area (Å²) in [6.07, 6.45) is 3.43. The highest BCUT2D eigenvalue weighted by atomic mass is 35.5. The van der Waals surface area contributed by atoms with Crippen molar-refractivity contribution in [3.8, 4) is 22.3 Å². The Bertz CT molecular complexity index is 1400. The van der Waals surface area contributed by atoms with Gasteiger partial charge in [-0.25, -0.2) is 4.98 Å². The van der Waals surface area contributed by atoms with Crippen LogP contribution in [0.3, 0.4) is 0 Å². The Kier molecular flexibility index (Phi) is 6.44. The smallest absolute Gasteiger partial charge is 0.139 e. The van der Waals surface area contributed by atoms with E-state index in [0.717, 1.165) is 39.6 Å². The number of anilines is 3. The molecular weight excluding hydrogens is 493 g/mol. The lowest BCUT2D eigenvalue weighted by atomic mass is 10.2. The van der Waals surface area contributed by atoms with Gasteiger partial charge in [0, 0.05) is 42.0 Å². The molecule has 1 aliphatic rings. The number of pyridine rings is 2. The van der Waals surface area contributed by atoms with Crippen LogP contribution in [0.15, 0.2) is 42.7 Å². The van der Waals surface area contributed by atoms with Gasteiger partial charge in [0.1, 0.15) is 17.6 Å². The van der Waals surface area contributed by atoms with Crippen LogP contribution in [0.1, 0.15) is 5.56 Å². The van der Waals surface area contributed by atoms with Gasteiger partial charge in [-0.15, -0.1) is 11.3 Å². The molecule has 0 radical (unpaired) electrons. The third kappa shape index (κ3) is 4.36. The average molecular weight is 512 g/mol. The molecule has 1 saturated heterocycles. The molecule has 172 valence electrons. The third-order valence-electron chi connectivity index (χ3n) is 5.53. The Balaban J connectivity index is 1.52. The molecule has 1 aliphatic heterocycles. The molecule has 0 atom stereocenters. The maximum Gasteiger partial charge on any atom is 0.139 e. The largest absolute Gasteiger partial charge is 0.495 e. The van der Waals surface area contributed by atoms with Crippen molar-refractivity contribution < 1.29 is 9.47 Å². The van der Waals surface area contributed by atoms with Gasteiger partial charge in [0.15, 0.2) is 0 Å². The minimum atomic E-state index is 0.407. The number of nitrogens with one attached hydrogen (secondary N) is 1. The number of benzene rings is 1. The van der Waals surface area contributed by atoms with Crippen molar-refractivity contribution in [1.82, 2.24) is 9.97 Å². The van der Waals surface area contributed by atoms with Crippen LogP contribution in [-0.4, -0.2) is 43.4 Å². The van der Waals surface area contributed by atoms with Crippen molar-refractivity contribution >= 4 is 61.9 Å². The van der Waals surface area contributed by atoms with E-state index in [9.17, 15) is 5.26 Å². The second kappa shape index (κ2) is 9.65. The molecule has 34 heavy (non-hydrogen) atoms. The fourth-order valence-electron chi connectivity index (χ4n) is 3.76. The molecule has 0 spiro atoms. The first-order valence-electron chi connectivity index (χ1n) is 10.5. The van der Waals surface area contributed by atoms with E-state index in [-0.39, 0.29) is 0 Å². The summed E-state index contributed by atoms with van der Waals surface area (Å²) >= 11 is 14.1. The number of nitrogens with zero attached hydrogens (tertiary/aromatic N) is 4. The van der Waals surface area contributed by atoms with Gasteiger partial charge < -0.3 is 19.7 Å². The summed E-state index contributed by atoms with van der Waals surface area (Å²) in [7, 11) is 1.54. The van der Waals surface area contributed by atoms with Crippen LogP contribution in [0, 0.1) is 11.3 Å². The molecular formula is C24H19Cl2N5O2S. The normalized spacial score (nSPS) is 13.6. The first-order chi connectivity index (χ1) is 16.6. The fourth-order valence-corrected chi connectivity index (χ4v) is 5.37. The van der Waals surface area contributed by atoms with Crippen molar-refractivity contribution in [3.63, 3.8) is 0 Å². The lowest BCUT2D eigenvalue weighted by molar-refractivity contribution is 0.122. The molecule has 1 N–H and O–H groups in total. The van der Waals surface area contributed by atoms with Crippen LogP contribution in [0.25, 0.3) is 20.7 Å². The van der Waals surface area contributed by atoms with E-state index in [4.69, 9.17) is 32.7 Å². The van der Waals surface area contributed by atoms with Crippen LogP contribution >= 0.6 is 34.5 Å². The van der Waals surface area contributed by atoms with Gasteiger partial charge in [-0.1, -0.05) is 23.2 Å². The summed E-state index contributed by atoms with van der Waals surface area (Å²) in [5.41, 5.74) is 3.38. The first-order valence-corrected chi connectivity index (χ1v) is 12.1. The lowest BCUT2D eigenvalue weighted by Crippen LogP contribution is -2.36. The SMILES string of the molecule is COc1cc(Nc2c(C#N)cnc3cc(-c4ccc(N5CCOCC5)nc4)sc23)c(Cl)cc1Cl. The number of ether oxygens (including phenoxy) is 2. The first kappa shape index (κ1) is 22.7. The van der Waals surface area contributed by atoms with E-state index in [0.29, 0.717) is 45.9 Å². The zero-order chi connectivity index (χ0) is 23.7. The minimum absolute atomic E-state index is 0.407. The highest BCUT2D eigenvalue weighted by molar-refractivity contribution is 7.22. The molecule has 5 rings (SSSR count). The predicted octanol–water partition coefficient (Wildman–Crippen LogP) is 6.13. The number of hydrogen-bond acceptors (Lipinski definition) is 8. The van der Waals surface area contributed by atoms with E-state index in [1.807, 2.05) is 18.3 Å². The van der Waals surface area contributed by atoms with Crippen LogP contribution in [0.4, 0.5) is 17.2 Å². The van der Waals surface area contributed by atoms with Crippen LogP contribution in [0.2, 0.25) is 10.0 Å². The lowest BCUT2D eigenvalue weighted by Gasteiger charge is -2.27. The highest BCUT2D eigenvalue weighted by Crippen LogP contribution is 2.41. The van der Waals surface area contributed by atoms with Crippen LogP contribution in [0.5, 0.6) is 5.75 Å². The van der Waals surface area contributed by atoms with Crippen molar-refractivity contribution in [2.24, 2.45) is 0 Å². The van der Waals surface area contributed by atoms with Gasteiger partial charge in [0.25, 0.3) is 0 Å². The summed E-state index contributed by atoms with van der Waals surface area (Å²) in [4.78, 5) is 12.4. The Morgan fingerprint density at radius 3 is 2.65 bits per heavy atom. The van der Waals surface area contributed by atoms with Crippen LogP contribution < -0.4 is 15.0 Å². The molecule has 0 aliphatic carbocycles.